The second-order valence-corrected chi connectivity index (χ2v) is 7.02. The van der Waals surface area contributed by atoms with E-state index in [-0.39, 0.29) is 46.1 Å². The van der Waals surface area contributed by atoms with Gasteiger partial charge in [-0.25, -0.2) is 0 Å². The molecule has 5 nitrogen and oxygen atoms in total. The minimum Gasteiger partial charge on any atom is -0.507 e. The zero-order valence-electron chi connectivity index (χ0n) is 16.4. The van der Waals surface area contributed by atoms with E-state index >= 15 is 0 Å². The molecule has 1 unspecified atom stereocenters. The van der Waals surface area contributed by atoms with Gasteiger partial charge < -0.3 is 14.9 Å². The van der Waals surface area contributed by atoms with Gasteiger partial charge in [0.2, 0.25) is 0 Å². The smallest absolute Gasteiger partial charge is 0.303 e. The standard InChI is InChI=1S/C21H27ClO5/c1-12(7-6-8-13(2)15(4)27-16(5)24)9-10-17-20(25)18(11-23)14(3)19(22)21(17)26/h8-9,11,15,25-26H,6-7,10H2,1-5H3. The number of benzene rings is 1. The Morgan fingerprint density at radius 1 is 1.19 bits per heavy atom. The maximum absolute atomic E-state index is 11.2. The van der Waals surface area contributed by atoms with Gasteiger partial charge in [-0.3, -0.25) is 9.59 Å². The highest BCUT2D eigenvalue weighted by Gasteiger charge is 2.19. The van der Waals surface area contributed by atoms with Crippen molar-refractivity contribution in [3.63, 3.8) is 0 Å². The number of carbonyl (C=O) groups excluding carboxylic acids is 2. The van der Waals surface area contributed by atoms with Gasteiger partial charge in [0.15, 0.2) is 6.29 Å². The summed E-state index contributed by atoms with van der Waals surface area (Å²) in [6.07, 6.45) is 5.99. The average Bonchev–Trinajstić information content (AvgIpc) is 2.59. The summed E-state index contributed by atoms with van der Waals surface area (Å²) in [5, 5.41) is 20.5. The van der Waals surface area contributed by atoms with Gasteiger partial charge in [0.1, 0.15) is 17.6 Å². The van der Waals surface area contributed by atoms with Crippen molar-refractivity contribution in [3.8, 4) is 11.5 Å². The number of ether oxygens (including phenoxy) is 1. The number of hydrogen-bond donors (Lipinski definition) is 2. The predicted molar refractivity (Wildman–Crippen MR) is 107 cm³/mol. The molecule has 0 spiro atoms. The number of hydrogen-bond acceptors (Lipinski definition) is 5. The number of carbonyl (C=O) groups is 2. The molecule has 0 fully saturated rings. The average molecular weight is 395 g/mol. The van der Waals surface area contributed by atoms with Crippen LogP contribution in [-0.4, -0.2) is 28.6 Å². The van der Waals surface area contributed by atoms with Crippen LogP contribution >= 0.6 is 11.6 Å². The molecule has 0 saturated heterocycles. The minimum absolute atomic E-state index is 0.0778. The monoisotopic (exact) mass is 394 g/mol. The Morgan fingerprint density at radius 2 is 1.81 bits per heavy atom. The van der Waals surface area contributed by atoms with E-state index in [2.05, 4.69) is 0 Å². The summed E-state index contributed by atoms with van der Waals surface area (Å²) in [5.41, 5.74) is 2.73. The van der Waals surface area contributed by atoms with Crippen molar-refractivity contribution >= 4 is 23.9 Å². The Morgan fingerprint density at radius 3 is 2.37 bits per heavy atom. The highest BCUT2D eigenvalue weighted by atomic mass is 35.5. The molecule has 2 N–H and O–H groups in total. The van der Waals surface area contributed by atoms with Crippen LogP contribution in [0.1, 0.15) is 62.0 Å². The van der Waals surface area contributed by atoms with Crippen LogP contribution in [-0.2, 0) is 16.0 Å². The molecule has 0 aliphatic heterocycles. The van der Waals surface area contributed by atoms with Crippen molar-refractivity contribution in [2.24, 2.45) is 0 Å². The number of esters is 1. The van der Waals surface area contributed by atoms with E-state index in [0.29, 0.717) is 11.8 Å². The van der Waals surface area contributed by atoms with E-state index < -0.39 is 0 Å². The van der Waals surface area contributed by atoms with Crippen molar-refractivity contribution < 1.29 is 24.5 Å². The number of aromatic hydroxyl groups is 2. The van der Waals surface area contributed by atoms with Gasteiger partial charge in [0.25, 0.3) is 0 Å². The van der Waals surface area contributed by atoms with Gasteiger partial charge in [0, 0.05) is 12.5 Å². The fourth-order valence-electron chi connectivity index (χ4n) is 2.63. The van der Waals surface area contributed by atoms with E-state index in [1.54, 1.807) is 6.92 Å². The first-order chi connectivity index (χ1) is 12.6. The van der Waals surface area contributed by atoms with Gasteiger partial charge in [-0.1, -0.05) is 29.3 Å². The fraction of sp³-hybridized carbons (Fsp3) is 0.429. The van der Waals surface area contributed by atoms with Crippen molar-refractivity contribution in [2.45, 2.75) is 60.0 Å². The molecule has 0 heterocycles. The summed E-state index contributed by atoms with van der Waals surface area (Å²) in [6.45, 7) is 8.64. The number of allylic oxidation sites excluding steroid dienone is 3. The van der Waals surface area contributed by atoms with E-state index in [0.717, 1.165) is 24.0 Å². The summed E-state index contributed by atoms with van der Waals surface area (Å²) in [5.74, 6) is -0.746. The largest absolute Gasteiger partial charge is 0.507 e. The minimum atomic E-state index is -0.308. The zero-order chi connectivity index (χ0) is 20.7. The second kappa shape index (κ2) is 10.2. The Labute approximate surface area is 165 Å². The Bertz CT molecular complexity index is 778. The van der Waals surface area contributed by atoms with Crippen LogP contribution in [0.15, 0.2) is 23.3 Å². The predicted octanol–water partition coefficient (Wildman–Crippen LogP) is 5.04. The Hall–Kier alpha value is -2.27. The Balaban J connectivity index is 2.82. The van der Waals surface area contributed by atoms with E-state index in [9.17, 15) is 19.8 Å². The third-order valence-electron chi connectivity index (χ3n) is 4.53. The van der Waals surface area contributed by atoms with E-state index in [1.165, 1.54) is 6.92 Å². The quantitative estimate of drug-likeness (QED) is 0.366. The first kappa shape index (κ1) is 22.8. The van der Waals surface area contributed by atoms with Crippen LogP contribution in [0.25, 0.3) is 0 Å². The van der Waals surface area contributed by atoms with Gasteiger partial charge in [-0.2, -0.15) is 0 Å². The van der Waals surface area contributed by atoms with Crippen molar-refractivity contribution in [1.82, 2.24) is 0 Å². The SMILES string of the molecule is CC(=O)OC(C)C(C)=CCCC(C)=CCc1c(O)c(Cl)c(C)c(C=O)c1O. The molecule has 1 aromatic rings. The van der Waals surface area contributed by atoms with E-state index in [4.69, 9.17) is 16.3 Å². The van der Waals surface area contributed by atoms with Crippen molar-refractivity contribution in [1.29, 1.82) is 0 Å². The van der Waals surface area contributed by atoms with Crippen LogP contribution in [0.2, 0.25) is 5.02 Å². The van der Waals surface area contributed by atoms with Gasteiger partial charge in [-0.15, -0.1) is 0 Å². The number of halogens is 1. The first-order valence-electron chi connectivity index (χ1n) is 8.77. The van der Waals surface area contributed by atoms with Gasteiger partial charge >= 0.3 is 5.97 Å². The Kier molecular flexibility index (Phi) is 8.57. The van der Waals surface area contributed by atoms with Crippen LogP contribution in [0, 0.1) is 6.92 Å². The lowest BCUT2D eigenvalue weighted by atomic mass is 9.99. The fourth-order valence-corrected chi connectivity index (χ4v) is 2.85. The molecule has 0 radical (unpaired) electrons. The number of phenolic OH excluding ortho intramolecular Hbond substituents is 2. The summed E-state index contributed by atoms with van der Waals surface area (Å²) in [7, 11) is 0. The van der Waals surface area contributed by atoms with Crippen LogP contribution in [0.4, 0.5) is 0 Å². The second-order valence-electron chi connectivity index (χ2n) is 6.64. The maximum atomic E-state index is 11.2. The van der Waals surface area contributed by atoms with Crippen LogP contribution in [0.5, 0.6) is 11.5 Å². The molecular formula is C21H27ClO5. The molecule has 27 heavy (non-hydrogen) atoms. The highest BCUT2D eigenvalue weighted by molar-refractivity contribution is 6.33. The number of aldehydes is 1. The summed E-state index contributed by atoms with van der Waals surface area (Å²) in [4.78, 5) is 22.2. The van der Waals surface area contributed by atoms with Crippen LogP contribution < -0.4 is 0 Å². The van der Waals surface area contributed by atoms with Gasteiger partial charge in [0.05, 0.1) is 10.6 Å². The van der Waals surface area contributed by atoms with Crippen LogP contribution in [0.3, 0.4) is 0 Å². The van der Waals surface area contributed by atoms with Gasteiger partial charge in [-0.05, 0) is 58.1 Å². The molecule has 0 bridgehead atoms. The molecular weight excluding hydrogens is 368 g/mol. The highest BCUT2D eigenvalue weighted by Crippen LogP contribution is 2.40. The topological polar surface area (TPSA) is 83.8 Å². The normalized spacial score (nSPS) is 13.4. The molecule has 1 rings (SSSR count). The molecule has 0 saturated carbocycles. The molecule has 0 aromatic heterocycles. The summed E-state index contributed by atoms with van der Waals surface area (Å²) >= 11 is 6.05. The molecule has 6 heteroatoms. The molecule has 1 aromatic carbocycles. The molecule has 1 atom stereocenters. The molecule has 0 aliphatic rings. The summed E-state index contributed by atoms with van der Waals surface area (Å²) in [6, 6.07) is 0. The number of rotatable bonds is 8. The van der Waals surface area contributed by atoms with E-state index in [1.807, 2.05) is 32.9 Å². The van der Waals surface area contributed by atoms with Crippen molar-refractivity contribution in [2.75, 3.05) is 0 Å². The third-order valence-corrected chi connectivity index (χ3v) is 4.99. The molecule has 0 aliphatic carbocycles. The summed E-state index contributed by atoms with van der Waals surface area (Å²) < 4.78 is 5.13. The zero-order valence-corrected chi connectivity index (χ0v) is 17.2. The lowest BCUT2D eigenvalue weighted by molar-refractivity contribution is -0.143. The van der Waals surface area contributed by atoms with Crippen molar-refractivity contribution in [3.05, 3.63) is 45.0 Å². The first-order valence-corrected chi connectivity index (χ1v) is 9.15. The maximum Gasteiger partial charge on any atom is 0.303 e. The lowest BCUT2D eigenvalue weighted by Crippen LogP contribution is -2.13. The lowest BCUT2D eigenvalue weighted by Gasteiger charge is -2.13. The molecule has 148 valence electrons. The number of phenols is 2. The molecule has 0 amide bonds. The third kappa shape index (κ3) is 6.14.